The SMILES string of the molecule is O=C(O)[C@H](O)[C@H]1OCCN(c2cccc(I)c2)C1=O. The predicted molar refractivity (Wildman–Crippen MR) is 74.9 cm³/mol. The van der Waals surface area contributed by atoms with Crippen LogP contribution in [0.25, 0.3) is 0 Å². The van der Waals surface area contributed by atoms with Crippen LogP contribution in [0.15, 0.2) is 24.3 Å². The van der Waals surface area contributed by atoms with Crippen molar-refractivity contribution in [2.45, 2.75) is 12.2 Å². The van der Waals surface area contributed by atoms with Crippen LogP contribution in [0, 0.1) is 3.57 Å². The number of aliphatic carboxylic acids is 1. The molecule has 1 aromatic carbocycles. The van der Waals surface area contributed by atoms with Crippen LogP contribution in [0.4, 0.5) is 5.69 Å². The maximum atomic E-state index is 12.2. The Morgan fingerprint density at radius 3 is 2.89 bits per heavy atom. The number of rotatable bonds is 3. The Morgan fingerprint density at radius 2 is 2.26 bits per heavy atom. The lowest BCUT2D eigenvalue weighted by Crippen LogP contribution is -2.54. The van der Waals surface area contributed by atoms with Crippen LogP contribution < -0.4 is 4.90 Å². The van der Waals surface area contributed by atoms with Gasteiger partial charge in [-0.05, 0) is 40.8 Å². The van der Waals surface area contributed by atoms with E-state index in [0.717, 1.165) is 3.57 Å². The van der Waals surface area contributed by atoms with Crippen LogP contribution in [0.3, 0.4) is 0 Å². The molecule has 2 N–H and O–H groups in total. The molecule has 0 aliphatic carbocycles. The summed E-state index contributed by atoms with van der Waals surface area (Å²) in [5.74, 6) is -2.01. The molecule has 1 aliphatic rings. The van der Waals surface area contributed by atoms with Gasteiger partial charge >= 0.3 is 5.97 Å². The molecule has 0 bridgehead atoms. The normalized spacial score (nSPS) is 21.3. The average molecular weight is 377 g/mol. The molecule has 102 valence electrons. The van der Waals surface area contributed by atoms with Crippen molar-refractivity contribution in [3.8, 4) is 0 Å². The molecule has 0 unspecified atom stereocenters. The fourth-order valence-electron chi connectivity index (χ4n) is 1.86. The lowest BCUT2D eigenvalue weighted by atomic mass is 10.1. The number of aliphatic hydroxyl groups excluding tert-OH is 1. The van der Waals surface area contributed by atoms with E-state index in [1.165, 1.54) is 4.90 Å². The van der Waals surface area contributed by atoms with Gasteiger partial charge in [-0.25, -0.2) is 4.79 Å². The number of nitrogens with zero attached hydrogens (tertiary/aromatic N) is 1. The van der Waals surface area contributed by atoms with Gasteiger partial charge in [0.05, 0.1) is 6.61 Å². The summed E-state index contributed by atoms with van der Waals surface area (Å²) in [6, 6.07) is 7.27. The summed E-state index contributed by atoms with van der Waals surface area (Å²) in [4.78, 5) is 24.3. The van der Waals surface area contributed by atoms with E-state index in [9.17, 15) is 14.7 Å². The van der Waals surface area contributed by atoms with Crippen LogP contribution in [-0.4, -0.2) is 47.4 Å². The Kier molecular flexibility index (Phi) is 4.38. The first-order chi connectivity index (χ1) is 9.00. The lowest BCUT2D eigenvalue weighted by molar-refractivity contribution is -0.163. The quantitative estimate of drug-likeness (QED) is 0.748. The summed E-state index contributed by atoms with van der Waals surface area (Å²) in [5.41, 5.74) is 0.669. The van der Waals surface area contributed by atoms with Crippen molar-refractivity contribution in [3.05, 3.63) is 27.8 Å². The van der Waals surface area contributed by atoms with E-state index in [0.29, 0.717) is 12.2 Å². The van der Waals surface area contributed by atoms with Gasteiger partial charge in [0, 0.05) is 15.8 Å². The molecule has 1 aromatic rings. The molecule has 0 saturated carbocycles. The van der Waals surface area contributed by atoms with E-state index < -0.39 is 24.1 Å². The Balaban J connectivity index is 2.23. The molecular formula is C12H12INO5. The van der Waals surface area contributed by atoms with Crippen LogP contribution in [0.5, 0.6) is 0 Å². The second-order valence-electron chi connectivity index (χ2n) is 4.04. The average Bonchev–Trinajstić information content (AvgIpc) is 2.38. The fourth-order valence-corrected chi connectivity index (χ4v) is 2.39. The molecule has 1 amide bonds. The molecule has 2 rings (SSSR count). The third-order valence-electron chi connectivity index (χ3n) is 2.78. The van der Waals surface area contributed by atoms with Crippen molar-refractivity contribution in [1.82, 2.24) is 0 Å². The van der Waals surface area contributed by atoms with Crippen LogP contribution in [0.2, 0.25) is 0 Å². The number of aliphatic hydroxyl groups is 1. The molecule has 1 saturated heterocycles. The van der Waals surface area contributed by atoms with Gasteiger partial charge in [0.2, 0.25) is 0 Å². The van der Waals surface area contributed by atoms with E-state index in [1.807, 2.05) is 18.2 Å². The Bertz CT molecular complexity index is 507. The van der Waals surface area contributed by atoms with Crippen molar-refractivity contribution >= 4 is 40.2 Å². The van der Waals surface area contributed by atoms with Gasteiger partial charge in [-0.2, -0.15) is 0 Å². The number of carbonyl (C=O) groups is 2. The largest absolute Gasteiger partial charge is 0.479 e. The number of morpholine rings is 1. The highest BCUT2D eigenvalue weighted by molar-refractivity contribution is 14.1. The molecule has 1 fully saturated rings. The number of carboxylic acid groups (broad SMARTS) is 1. The zero-order chi connectivity index (χ0) is 14.0. The molecule has 7 heteroatoms. The Morgan fingerprint density at radius 1 is 1.53 bits per heavy atom. The van der Waals surface area contributed by atoms with Crippen molar-refractivity contribution < 1.29 is 24.5 Å². The molecule has 0 radical (unpaired) electrons. The van der Waals surface area contributed by atoms with E-state index in [-0.39, 0.29) is 6.61 Å². The van der Waals surface area contributed by atoms with Crippen molar-refractivity contribution in [1.29, 1.82) is 0 Å². The van der Waals surface area contributed by atoms with Crippen LogP contribution in [0.1, 0.15) is 0 Å². The van der Waals surface area contributed by atoms with Gasteiger partial charge in [0.1, 0.15) is 0 Å². The first-order valence-electron chi connectivity index (χ1n) is 5.60. The summed E-state index contributed by atoms with van der Waals surface area (Å²) in [7, 11) is 0. The van der Waals surface area contributed by atoms with Crippen LogP contribution >= 0.6 is 22.6 Å². The second-order valence-corrected chi connectivity index (χ2v) is 5.29. The van der Waals surface area contributed by atoms with Gasteiger partial charge in [-0.15, -0.1) is 0 Å². The number of carboxylic acids is 1. The maximum absolute atomic E-state index is 12.2. The van der Waals surface area contributed by atoms with Crippen molar-refractivity contribution in [2.75, 3.05) is 18.1 Å². The number of anilines is 1. The minimum atomic E-state index is -1.85. The van der Waals surface area contributed by atoms with Gasteiger partial charge in [0.15, 0.2) is 12.2 Å². The number of halogens is 1. The lowest BCUT2D eigenvalue weighted by Gasteiger charge is -2.33. The maximum Gasteiger partial charge on any atom is 0.335 e. The Hall–Kier alpha value is -1.19. The van der Waals surface area contributed by atoms with Gasteiger partial charge < -0.3 is 19.8 Å². The molecular weight excluding hydrogens is 365 g/mol. The van der Waals surface area contributed by atoms with E-state index in [2.05, 4.69) is 22.6 Å². The van der Waals surface area contributed by atoms with Gasteiger partial charge in [-0.1, -0.05) is 6.07 Å². The summed E-state index contributed by atoms with van der Waals surface area (Å²) in [6.07, 6.45) is -3.21. The predicted octanol–water partition coefficient (Wildman–Crippen LogP) is 0.468. The molecule has 6 nitrogen and oxygen atoms in total. The highest BCUT2D eigenvalue weighted by Gasteiger charge is 2.39. The monoisotopic (exact) mass is 377 g/mol. The number of amides is 1. The zero-order valence-corrected chi connectivity index (χ0v) is 12.0. The van der Waals surface area contributed by atoms with Crippen LogP contribution in [-0.2, 0) is 14.3 Å². The summed E-state index contributed by atoms with van der Waals surface area (Å²) in [6.45, 7) is 0.522. The van der Waals surface area contributed by atoms with E-state index in [1.54, 1.807) is 6.07 Å². The number of ether oxygens (including phenoxy) is 1. The first-order valence-corrected chi connectivity index (χ1v) is 6.68. The highest BCUT2D eigenvalue weighted by Crippen LogP contribution is 2.22. The number of benzene rings is 1. The smallest absolute Gasteiger partial charge is 0.335 e. The first kappa shape index (κ1) is 14.2. The van der Waals surface area contributed by atoms with Crippen molar-refractivity contribution in [2.24, 2.45) is 0 Å². The number of hydrogen-bond acceptors (Lipinski definition) is 4. The van der Waals surface area contributed by atoms with E-state index >= 15 is 0 Å². The summed E-state index contributed by atoms with van der Waals surface area (Å²) in [5, 5.41) is 18.2. The molecule has 19 heavy (non-hydrogen) atoms. The van der Waals surface area contributed by atoms with E-state index in [4.69, 9.17) is 9.84 Å². The van der Waals surface area contributed by atoms with Crippen molar-refractivity contribution in [3.63, 3.8) is 0 Å². The fraction of sp³-hybridized carbons (Fsp3) is 0.333. The topological polar surface area (TPSA) is 87.1 Å². The summed E-state index contributed by atoms with van der Waals surface area (Å²) >= 11 is 2.13. The van der Waals surface area contributed by atoms with Gasteiger partial charge in [0.25, 0.3) is 5.91 Å². The number of hydrogen-bond donors (Lipinski definition) is 2. The molecule has 1 heterocycles. The number of carbonyl (C=O) groups excluding carboxylic acids is 1. The minimum absolute atomic E-state index is 0.187. The third kappa shape index (κ3) is 3.04. The molecule has 1 aliphatic heterocycles. The molecule has 0 spiro atoms. The molecule has 2 atom stereocenters. The minimum Gasteiger partial charge on any atom is -0.479 e. The second kappa shape index (κ2) is 5.85. The zero-order valence-electron chi connectivity index (χ0n) is 9.82. The highest BCUT2D eigenvalue weighted by atomic mass is 127. The van der Waals surface area contributed by atoms with Gasteiger partial charge in [-0.3, -0.25) is 4.79 Å². The molecule has 0 aromatic heterocycles. The summed E-state index contributed by atoms with van der Waals surface area (Å²) < 4.78 is 6.03. The third-order valence-corrected chi connectivity index (χ3v) is 3.45. The Labute approximate surface area is 123 Å². The standard InChI is InChI=1S/C12H12INO5/c13-7-2-1-3-8(6-7)14-4-5-19-10(11(14)16)9(15)12(17)18/h1-3,6,9-10,15H,4-5H2,(H,17,18)/t9-,10-/m1/s1.